The Morgan fingerprint density at radius 1 is 0.941 bits per heavy atom. The molecule has 2 heterocycles. The van der Waals surface area contributed by atoms with E-state index in [0.717, 1.165) is 54.2 Å². The quantitative estimate of drug-likeness (QED) is 0.326. The van der Waals surface area contributed by atoms with Crippen LogP contribution >= 0.6 is 0 Å². The van der Waals surface area contributed by atoms with Crippen LogP contribution in [-0.4, -0.2) is 27.2 Å². The average molecular weight is 457 g/mol. The van der Waals surface area contributed by atoms with E-state index in [4.69, 9.17) is 4.98 Å². The second kappa shape index (κ2) is 9.88. The molecule has 0 bridgehead atoms. The largest absolute Gasteiger partial charge is 0.342 e. The Balaban J connectivity index is 2.03. The molecule has 0 unspecified atom stereocenters. The van der Waals surface area contributed by atoms with Crippen molar-refractivity contribution in [2.24, 2.45) is 7.05 Å². The average Bonchev–Trinajstić information content (AvgIpc) is 3.11. The summed E-state index contributed by atoms with van der Waals surface area (Å²) in [5.41, 5.74) is 7.56. The number of aromatic nitrogens is 3. The van der Waals surface area contributed by atoms with Gasteiger partial charge in [0.2, 0.25) is 5.95 Å². The number of hydrogen-bond acceptors (Lipinski definition) is 3. The topological polar surface area (TPSA) is 43.1 Å². The van der Waals surface area contributed by atoms with Crippen LogP contribution in [0.2, 0.25) is 0 Å². The van der Waals surface area contributed by atoms with Crippen molar-refractivity contribution in [1.29, 1.82) is 0 Å². The molecule has 0 saturated heterocycles. The Morgan fingerprint density at radius 2 is 1.56 bits per heavy atom. The van der Waals surface area contributed by atoms with Gasteiger partial charge in [-0.2, -0.15) is 4.98 Å². The van der Waals surface area contributed by atoms with Gasteiger partial charge in [-0.1, -0.05) is 61.9 Å². The molecular weight excluding hydrogens is 420 g/mol. The smallest absolute Gasteiger partial charge is 0.265 e. The lowest BCUT2D eigenvalue weighted by molar-refractivity contribution is 0.659. The SMILES string of the molecule is CCCN(CCC)c1nc2c(c(-c3c(C)cc(C)cc3C)cn2C)c(=O)n1Cc1ccccc1. The predicted molar refractivity (Wildman–Crippen MR) is 143 cm³/mol. The predicted octanol–water partition coefficient (Wildman–Crippen LogP) is 6.00. The lowest BCUT2D eigenvalue weighted by Crippen LogP contribution is -2.34. The summed E-state index contributed by atoms with van der Waals surface area (Å²) in [5.74, 6) is 0.759. The molecule has 0 aliphatic heterocycles. The van der Waals surface area contributed by atoms with E-state index in [1.165, 1.54) is 16.7 Å². The summed E-state index contributed by atoms with van der Waals surface area (Å²) in [7, 11) is 1.99. The Hall–Kier alpha value is -3.34. The molecule has 4 aromatic rings. The van der Waals surface area contributed by atoms with E-state index < -0.39 is 0 Å². The van der Waals surface area contributed by atoms with Crippen molar-refractivity contribution >= 4 is 17.0 Å². The van der Waals surface area contributed by atoms with Gasteiger partial charge in [0.15, 0.2) is 0 Å². The fourth-order valence-corrected chi connectivity index (χ4v) is 5.14. The first-order valence-corrected chi connectivity index (χ1v) is 12.3. The minimum atomic E-state index is 0.0241. The van der Waals surface area contributed by atoms with Crippen molar-refractivity contribution in [2.75, 3.05) is 18.0 Å². The molecule has 0 aliphatic carbocycles. The number of benzene rings is 2. The van der Waals surface area contributed by atoms with Gasteiger partial charge in [-0.25, -0.2) is 0 Å². The van der Waals surface area contributed by atoms with Gasteiger partial charge in [-0.3, -0.25) is 9.36 Å². The fourth-order valence-electron chi connectivity index (χ4n) is 5.14. The number of fused-ring (bicyclic) bond motifs is 1. The molecule has 5 heteroatoms. The zero-order chi connectivity index (χ0) is 24.4. The van der Waals surface area contributed by atoms with Crippen LogP contribution in [0.5, 0.6) is 0 Å². The van der Waals surface area contributed by atoms with Gasteiger partial charge in [-0.05, 0) is 55.9 Å². The molecule has 0 N–H and O–H groups in total. The van der Waals surface area contributed by atoms with E-state index >= 15 is 0 Å². The van der Waals surface area contributed by atoms with E-state index in [1.54, 1.807) is 0 Å². The molecule has 4 rings (SSSR count). The number of anilines is 1. The van der Waals surface area contributed by atoms with Gasteiger partial charge in [0.05, 0.1) is 11.9 Å². The molecule has 2 aromatic carbocycles. The first-order chi connectivity index (χ1) is 16.3. The zero-order valence-corrected chi connectivity index (χ0v) is 21.4. The maximum atomic E-state index is 14.2. The molecule has 0 atom stereocenters. The highest BCUT2D eigenvalue weighted by atomic mass is 16.1. The highest BCUT2D eigenvalue weighted by Crippen LogP contribution is 2.34. The minimum absolute atomic E-state index is 0.0241. The second-order valence-corrected chi connectivity index (χ2v) is 9.40. The van der Waals surface area contributed by atoms with Crippen LogP contribution < -0.4 is 10.5 Å². The van der Waals surface area contributed by atoms with Crippen LogP contribution in [0.15, 0.2) is 53.5 Å². The van der Waals surface area contributed by atoms with Crippen LogP contribution in [0.4, 0.5) is 5.95 Å². The first-order valence-electron chi connectivity index (χ1n) is 12.3. The monoisotopic (exact) mass is 456 g/mol. The van der Waals surface area contributed by atoms with Crippen molar-refractivity contribution in [1.82, 2.24) is 14.1 Å². The summed E-state index contributed by atoms with van der Waals surface area (Å²) in [6.07, 6.45) is 4.07. The lowest BCUT2D eigenvalue weighted by atomic mass is 9.94. The Bertz CT molecular complexity index is 1340. The minimum Gasteiger partial charge on any atom is -0.342 e. The number of rotatable bonds is 8. The van der Waals surface area contributed by atoms with Gasteiger partial charge in [0.25, 0.3) is 5.56 Å². The van der Waals surface area contributed by atoms with Crippen LogP contribution in [0.25, 0.3) is 22.2 Å². The first kappa shape index (κ1) is 23.8. The van der Waals surface area contributed by atoms with Crippen molar-refractivity contribution in [3.8, 4) is 11.1 Å². The molecule has 0 aliphatic rings. The third kappa shape index (κ3) is 4.39. The third-order valence-electron chi connectivity index (χ3n) is 6.46. The standard InChI is InChI=1S/C29H36N4O/c1-7-14-32(15-8-2)29-30-27-26(28(34)33(29)18-23-12-10-9-11-13-23)24(19-31(27)6)25-21(4)16-20(3)17-22(25)5/h9-13,16-17,19H,7-8,14-15,18H2,1-6H3. The van der Waals surface area contributed by atoms with Gasteiger partial charge in [-0.15, -0.1) is 0 Å². The lowest BCUT2D eigenvalue weighted by Gasteiger charge is -2.26. The van der Waals surface area contributed by atoms with Crippen LogP contribution in [0, 0.1) is 20.8 Å². The van der Waals surface area contributed by atoms with E-state index in [0.29, 0.717) is 11.9 Å². The summed E-state index contributed by atoms with van der Waals surface area (Å²) in [5, 5.41) is 0.699. The Kier molecular flexibility index (Phi) is 6.92. The van der Waals surface area contributed by atoms with E-state index in [-0.39, 0.29) is 5.56 Å². The molecule has 5 nitrogen and oxygen atoms in total. The highest BCUT2D eigenvalue weighted by molar-refractivity contribution is 5.96. The molecular formula is C29H36N4O. The highest BCUT2D eigenvalue weighted by Gasteiger charge is 2.23. The molecule has 2 aromatic heterocycles. The summed E-state index contributed by atoms with van der Waals surface area (Å²) in [6, 6.07) is 14.6. The number of hydrogen-bond donors (Lipinski definition) is 0. The van der Waals surface area contributed by atoms with E-state index in [9.17, 15) is 4.79 Å². The normalized spacial score (nSPS) is 11.4. The van der Waals surface area contributed by atoms with Crippen molar-refractivity contribution in [2.45, 2.75) is 54.0 Å². The van der Waals surface area contributed by atoms with Crippen LogP contribution in [0.1, 0.15) is 48.9 Å². The van der Waals surface area contributed by atoms with E-state index in [2.05, 4.69) is 70.0 Å². The fraction of sp³-hybridized carbons (Fsp3) is 0.379. The molecule has 0 saturated carbocycles. The molecule has 0 spiro atoms. The van der Waals surface area contributed by atoms with Crippen LogP contribution in [0.3, 0.4) is 0 Å². The van der Waals surface area contributed by atoms with Gasteiger partial charge < -0.3 is 9.47 Å². The van der Waals surface area contributed by atoms with Gasteiger partial charge >= 0.3 is 0 Å². The third-order valence-corrected chi connectivity index (χ3v) is 6.46. The molecule has 178 valence electrons. The summed E-state index contributed by atoms with van der Waals surface area (Å²) in [6.45, 7) is 13.0. The Morgan fingerprint density at radius 3 is 2.15 bits per heavy atom. The summed E-state index contributed by atoms with van der Waals surface area (Å²) >= 11 is 0. The number of nitrogens with zero attached hydrogens (tertiary/aromatic N) is 4. The van der Waals surface area contributed by atoms with Crippen molar-refractivity contribution < 1.29 is 0 Å². The molecule has 0 amide bonds. The summed E-state index contributed by atoms with van der Waals surface area (Å²) in [4.78, 5) is 21.7. The molecule has 0 fully saturated rings. The summed E-state index contributed by atoms with van der Waals surface area (Å²) < 4.78 is 3.89. The number of aryl methyl sites for hydroxylation is 4. The van der Waals surface area contributed by atoms with Crippen molar-refractivity contribution in [3.05, 3.63) is 81.3 Å². The van der Waals surface area contributed by atoms with E-state index in [1.807, 2.05) is 34.4 Å². The second-order valence-electron chi connectivity index (χ2n) is 9.40. The molecule has 34 heavy (non-hydrogen) atoms. The van der Waals surface area contributed by atoms with Gasteiger partial charge in [0.1, 0.15) is 5.65 Å². The molecule has 0 radical (unpaired) electrons. The zero-order valence-electron chi connectivity index (χ0n) is 21.4. The Labute approximate surface area is 202 Å². The van der Waals surface area contributed by atoms with Crippen LogP contribution in [-0.2, 0) is 13.6 Å². The maximum Gasteiger partial charge on any atom is 0.265 e. The van der Waals surface area contributed by atoms with Crippen molar-refractivity contribution in [3.63, 3.8) is 0 Å². The van der Waals surface area contributed by atoms with Gasteiger partial charge in [0, 0.05) is 31.9 Å². The maximum absolute atomic E-state index is 14.2.